The summed E-state index contributed by atoms with van der Waals surface area (Å²) in [5.41, 5.74) is 0.119. The smallest absolute Gasteiger partial charge is 0.307 e. The maximum atomic E-state index is 10.8. The number of hydrogen-bond acceptors (Lipinski definition) is 2. The van der Waals surface area contributed by atoms with Gasteiger partial charge in [-0.1, -0.05) is 6.92 Å². The van der Waals surface area contributed by atoms with E-state index >= 15 is 0 Å². The Labute approximate surface area is 78.5 Å². The minimum Gasteiger partial charge on any atom is -0.481 e. The highest BCUT2D eigenvalue weighted by molar-refractivity contribution is 5.74. The van der Waals surface area contributed by atoms with Gasteiger partial charge in [-0.05, 0) is 43.7 Å². The Morgan fingerprint density at radius 1 is 1.46 bits per heavy atom. The van der Waals surface area contributed by atoms with E-state index in [2.05, 4.69) is 12.2 Å². The molecule has 1 heterocycles. The van der Waals surface area contributed by atoms with Crippen molar-refractivity contribution in [3.05, 3.63) is 0 Å². The number of nitrogens with one attached hydrogen (secondary N) is 1. The molecule has 0 unspecified atom stereocenters. The van der Waals surface area contributed by atoms with Crippen molar-refractivity contribution in [3.8, 4) is 0 Å². The third kappa shape index (κ3) is 1.46. The fourth-order valence-electron chi connectivity index (χ4n) is 2.68. The highest BCUT2D eigenvalue weighted by atomic mass is 16.4. The molecule has 3 nitrogen and oxygen atoms in total. The standard InChI is InChI=1S/C10H17NO2/c1-10(6-8(10)9(12)13)7-2-4-11-5-3-7/h7-8,11H,2-6H2,1H3,(H,12,13)/t8-,10-/m1/s1. The molecule has 0 radical (unpaired) electrons. The molecule has 0 aromatic heterocycles. The summed E-state index contributed by atoms with van der Waals surface area (Å²) in [4.78, 5) is 10.8. The topological polar surface area (TPSA) is 49.3 Å². The van der Waals surface area contributed by atoms with Crippen LogP contribution in [0.2, 0.25) is 0 Å². The summed E-state index contributed by atoms with van der Waals surface area (Å²) < 4.78 is 0. The average Bonchev–Trinajstić information content (AvgIpc) is 2.82. The van der Waals surface area contributed by atoms with Gasteiger partial charge in [0.25, 0.3) is 0 Å². The summed E-state index contributed by atoms with van der Waals surface area (Å²) >= 11 is 0. The number of aliphatic carboxylic acids is 1. The van der Waals surface area contributed by atoms with E-state index in [1.165, 1.54) is 0 Å². The van der Waals surface area contributed by atoms with Gasteiger partial charge in [0.15, 0.2) is 0 Å². The van der Waals surface area contributed by atoms with Gasteiger partial charge in [-0.25, -0.2) is 0 Å². The van der Waals surface area contributed by atoms with Crippen LogP contribution in [0, 0.1) is 17.3 Å². The fourth-order valence-corrected chi connectivity index (χ4v) is 2.68. The lowest BCUT2D eigenvalue weighted by Gasteiger charge is -2.28. The molecule has 0 amide bonds. The summed E-state index contributed by atoms with van der Waals surface area (Å²) in [6.07, 6.45) is 3.20. The number of carboxylic acids is 1. The van der Waals surface area contributed by atoms with E-state index in [1.54, 1.807) is 0 Å². The Morgan fingerprint density at radius 2 is 2.08 bits per heavy atom. The molecule has 1 aliphatic heterocycles. The average molecular weight is 183 g/mol. The number of rotatable bonds is 2. The second-order valence-corrected chi connectivity index (χ2v) is 4.63. The molecule has 13 heavy (non-hydrogen) atoms. The molecule has 2 fully saturated rings. The Morgan fingerprint density at radius 3 is 2.54 bits per heavy atom. The third-order valence-corrected chi connectivity index (χ3v) is 3.85. The molecular weight excluding hydrogens is 166 g/mol. The summed E-state index contributed by atoms with van der Waals surface area (Å²) in [5, 5.41) is 12.2. The molecule has 1 saturated heterocycles. The molecular formula is C10H17NO2. The lowest BCUT2D eigenvalue weighted by atomic mass is 9.82. The lowest BCUT2D eigenvalue weighted by Crippen LogP contribution is -2.32. The molecule has 74 valence electrons. The molecule has 0 aromatic rings. The summed E-state index contributed by atoms with van der Waals surface area (Å²) in [6, 6.07) is 0. The first-order valence-electron chi connectivity index (χ1n) is 5.08. The van der Waals surface area contributed by atoms with Crippen LogP contribution in [0.25, 0.3) is 0 Å². The second-order valence-electron chi connectivity index (χ2n) is 4.63. The number of carboxylic acid groups (broad SMARTS) is 1. The Hall–Kier alpha value is -0.570. The van der Waals surface area contributed by atoms with Gasteiger partial charge in [0, 0.05) is 0 Å². The van der Waals surface area contributed by atoms with Gasteiger partial charge in [-0.3, -0.25) is 4.79 Å². The molecule has 2 atom stereocenters. The van der Waals surface area contributed by atoms with Crippen molar-refractivity contribution < 1.29 is 9.90 Å². The minimum absolute atomic E-state index is 0.0596. The van der Waals surface area contributed by atoms with Gasteiger partial charge in [0.1, 0.15) is 0 Å². The van der Waals surface area contributed by atoms with Crippen LogP contribution in [0.3, 0.4) is 0 Å². The molecule has 2 rings (SSSR count). The van der Waals surface area contributed by atoms with Crippen molar-refractivity contribution in [2.45, 2.75) is 26.2 Å². The van der Waals surface area contributed by atoms with Crippen molar-refractivity contribution >= 4 is 5.97 Å². The largest absolute Gasteiger partial charge is 0.481 e. The summed E-state index contributed by atoms with van der Waals surface area (Å²) in [7, 11) is 0. The zero-order chi connectivity index (χ0) is 9.47. The van der Waals surface area contributed by atoms with Gasteiger partial charge >= 0.3 is 5.97 Å². The van der Waals surface area contributed by atoms with Crippen LogP contribution in [0.1, 0.15) is 26.2 Å². The number of carbonyl (C=O) groups is 1. The molecule has 3 heteroatoms. The van der Waals surface area contributed by atoms with Crippen molar-refractivity contribution in [3.63, 3.8) is 0 Å². The van der Waals surface area contributed by atoms with Crippen LogP contribution in [0.4, 0.5) is 0 Å². The predicted octanol–water partition coefficient (Wildman–Crippen LogP) is 1.10. The van der Waals surface area contributed by atoms with Crippen molar-refractivity contribution in [2.75, 3.05) is 13.1 Å². The van der Waals surface area contributed by atoms with Crippen molar-refractivity contribution in [1.29, 1.82) is 0 Å². The van der Waals surface area contributed by atoms with Gasteiger partial charge in [-0.2, -0.15) is 0 Å². The molecule has 1 aliphatic carbocycles. The summed E-state index contributed by atoms with van der Waals surface area (Å²) in [6.45, 7) is 4.26. The van der Waals surface area contributed by atoms with Gasteiger partial charge in [0.05, 0.1) is 5.92 Å². The summed E-state index contributed by atoms with van der Waals surface area (Å²) in [5.74, 6) is -0.0218. The van der Waals surface area contributed by atoms with Crippen molar-refractivity contribution in [1.82, 2.24) is 5.32 Å². The normalized spacial score (nSPS) is 40.2. The maximum Gasteiger partial charge on any atom is 0.307 e. The van der Waals surface area contributed by atoms with Crippen LogP contribution in [-0.4, -0.2) is 24.2 Å². The van der Waals surface area contributed by atoms with Crippen LogP contribution < -0.4 is 5.32 Å². The van der Waals surface area contributed by atoms with E-state index in [0.29, 0.717) is 5.92 Å². The Kier molecular flexibility index (Phi) is 2.06. The van der Waals surface area contributed by atoms with E-state index in [1.807, 2.05) is 0 Å². The maximum absolute atomic E-state index is 10.8. The Balaban J connectivity index is 1.97. The minimum atomic E-state index is -0.596. The Bertz CT molecular complexity index is 223. The van der Waals surface area contributed by atoms with Crippen LogP contribution in [0.15, 0.2) is 0 Å². The van der Waals surface area contributed by atoms with E-state index in [9.17, 15) is 4.79 Å². The predicted molar refractivity (Wildman–Crippen MR) is 49.4 cm³/mol. The lowest BCUT2D eigenvalue weighted by molar-refractivity contribution is -0.139. The SMILES string of the molecule is C[C@]1(C2CCNCC2)C[C@@H]1C(=O)O. The van der Waals surface area contributed by atoms with E-state index in [4.69, 9.17) is 5.11 Å². The van der Waals surface area contributed by atoms with Crippen LogP contribution in [-0.2, 0) is 4.79 Å². The van der Waals surface area contributed by atoms with Gasteiger partial charge in [0.2, 0.25) is 0 Å². The molecule has 0 spiro atoms. The van der Waals surface area contributed by atoms with E-state index < -0.39 is 5.97 Å². The zero-order valence-corrected chi connectivity index (χ0v) is 8.05. The highest BCUT2D eigenvalue weighted by Gasteiger charge is 2.58. The first-order valence-corrected chi connectivity index (χ1v) is 5.08. The van der Waals surface area contributed by atoms with E-state index in [-0.39, 0.29) is 11.3 Å². The number of hydrogen-bond donors (Lipinski definition) is 2. The molecule has 0 bridgehead atoms. The highest BCUT2D eigenvalue weighted by Crippen LogP contribution is 2.59. The molecule has 0 aromatic carbocycles. The molecule has 2 aliphatic rings. The third-order valence-electron chi connectivity index (χ3n) is 3.85. The number of piperidine rings is 1. The van der Waals surface area contributed by atoms with Gasteiger partial charge < -0.3 is 10.4 Å². The van der Waals surface area contributed by atoms with Crippen LogP contribution >= 0.6 is 0 Å². The van der Waals surface area contributed by atoms with Gasteiger partial charge in [-0.15, -0.1) is 0 Å². The van der Waals surface area contributed by atoms with Crippen LogP contribution in [0.5, 0.6) is 0 Å². The first-order chi connectivity index (χ1) is 6.14. The first kappa shape index (κ1) is 9.00. The monoisotopic (exact) mass is 183 g/mol. The van der Waals surface area contributed by atoms with Crippen molar-refractivity contribution in [2.24, 2.45) is 17.3 Å². The molecule has 2 N–H and O–H groups in total. The molecule has 1 saturated carbocycles. The fraction of sp³-hybridized carbons (Fsp3) is 0.900. The quantitative estimate of drug-likeness (QED) is 0.674. The second kappa shape index (κ2) is 2.98. The zero-order valence-electron chi connectivity index (χ0n) is 8.05. The van der Waals surface area contributed by atoms with E-state index in [0.717, 1.165) is 32.4 Å².